The lowest BCUT2D eigenvalue weighted by atomic mass is 9.88. The Labute approximate surface area is 112 Å². The molecule has 1 aliphatic carbocycles. The number of nitrogens with one attached hydrogen (secondary N) is 1. The number of benzene rings is 1. The fourth-order valence-corrected chi connectivity index (χ4v) is 2.87. The minimum absolute atomic E-state index is 0.0700. The van der Waals surface area contributed by atoms with E-state index in [0.29, 0.717) is 5.02 Å². The molecule has 1 aromatic rings. The predicted molar refractivity (Wildman–Crippen MR) is 71.6 cm³/mol. The maximum Gasteiger partial charge on any atom is 0.246 e. The van der Waals surface area contributed by atoms with Crippen LogP contribution in [-0.4, -0.2) is 19.6 Å². The first kappa shape index (κ1) is 13.4. The summed E-state index contributed by atoms with van der Waals surface area (Å²) in [5, 5.41) is 3.82. The van der Waals surface area contributed by atoms with Crippen LogP contribution in [-0.2, 0) is 15.1 Å². The van der Waals surface area contributed by atoms with Crippen LogP contribution in [0, 0.1) is 0 Å². The van der Waals surface area contributed by atoms with E-state index in [0.717, 1.165) is 31.2 Å². The molecule has 0 bridgehead atoms. The van der Waals surface area contributed by atoms with Gasteiger partial charge in [0.1, 0.15) is 6.61 Å². The second kappa shape index (κ2) is 5.72. The van der Waals surface area contributed by atoms with E-state index < -0.39 is 0 Å². The number of rotatable bonds is 4. The molecule has 3 nitrogen and oxygen atoms in total. The number of methoxy groups -OCH3 is 1. The van der Waals surface area contributed by atoms with Gasteiger partial charge in [-0.15, -0.1) is 0 Å². The van der Waals surface area contributed by atoms with E-state index in [9.17, 15) is 4.79 Å². The third kappa shape index (κ3) is 2.85. The molecule has 0 heterocycles. The molecule has 1 saturated carbocycles. The van der Waals surface area contributed by atoms with Crippen LogP contribution in [0.5, 0.6) is 0 Å². The molecule has 98 valence electrons. The first-order valence-corrected chi connectivity index (χ1v) is 6.60. The molecule has 4 heteroatoms. The maximum atomic E-state index is 11.8. The minimum Gasteiger partial charge on any atom is -0.375 e. The average molecular weight is 268 g/mol. The number of carbonyl (C=O) groups excluding carboxylic acids is 1. The Kier molecular flexibility index (Phi) is 4.25. The van der Waals surface area contributed by atoms with Gasteiger partial charge in [-0.2, -0.15) is 0 Å². The van der Waals surface area contributed by atoms with Gasteiger partial charge in [0, 0.05) is 12.1 Å². The fraction of sp³-hybridized carbons (Fsp3) is 0.500. The Morgan fingerprint density at radius 3 is 2.78 bits per heavy atom. The van der Waals surface area contributed by atoms with Gasteiger partial charge in [0.05, 0.1) is 5.54 Å². The van der Waals surface area contributed by atoms with Gasteiger partial charge in [-0.05, 0) is 30.5 Å². The van der Waals surface area contributed by atoms with Gasteiger partial charge in [0.15, 0.2) is 0 Å². The first-order valence-electron chi connectivity index (χ1n) is 6.22. The molecule has 0 unspecified atom stereocenters. The monoisotopic (exact) mass is 267 g/mol. The molecular formula is C14H18ClNO2. The standard InChI is InChI=1S/C14H18ClNO2/c1-18-10-13(17)16-14(7-2-3-8-14)11-5-4-6-12(15)9-11/h4-6,9H,2-3,7-8,10H2,1H3,(H,16,17). The predicted octanol–water partition coefficient (Wildman–Crippen LogP) is 2.87. The highest BCUT2D eigenvalue weighted by Crippen LogP contribution is 2.39. The zero-order valence-electron chi connectivity index (χ0n) is 10.5. The van der Waals surface area contributed by atoms with Crippen LogP contribution in [0.25, 0.3) is 0 Å². The van der Waals surface area contributed by atoms with Gasteiger partial charge in [0.25, 0.3) is 0 Å². The van der Waals surface area contributed by atoms with Crippen molar-refractivity contribution in [1.29, 1.82) is 0 Å². The smallest absolute Gasteiger partial charge is 0.246 e. The molecule has 1 N–H and O–H groups in total. The minimum atomic E-state index is -0.263. The van der Waals surface area contributed by atoms with Crippen molar-refractivity contribution in [3.8, 4) is 0 Å². The van der Waals surface area contributed by atoms with E-state index in [-0.39, 0.29) is 18.1 Å². The Bertz CT molecular complexity index is 428. The molecule has 18 heavy (non-hydrogen) atoms. The molecule has 1 fully saturated rings. The SMILES string of the molecule is COCC(=O)NC1(c2cccc(Cl)c2)CCCC1. The van der Waals surface area contributed by atoms with Crippen LogP contribution in [0.1, 0.15) is 31.2 Å². The van der Waals surface area contributed by atoms with E-state index in [1.54, 1.807) is 0 Å². The van der Waals surface area contributed by atoms with Crippen LogP contribution in [0.3, 0.4) is 0 Å². The van der Waals surface area contributed by atoms with Gasteiger partial charge in [-0.1, -0.05) is 36.6 Å². The third-order valence-electron chi connectivity index (χ3n) is 3.49. The zero-order valence-corrected chi connectivity index (χ0v) is 11.3. The number of hydrogen-bond donors (Lipinski definition) is 1. The fourth-order valence-electron chi connectivity index (χ4n) is 2.68. The van der Waals surface area contributed by atoms with Crippen LogP contribution < -0.4 is 5.32 Å². The van der Waals surface area contributed by atoms with Crippen molar-refractivity contribution < 1.29 is 9.53 Å². The van der Waals surface area contributed by atoms with Crippen LogP contribution in [0.2, 0.25) is 5.02 Å². The van der Waals surface area contributed by atoms with E-state index >= 15 is 0 Å². The van der Waals surface area contributed by atoms with Gasteiger partial charge >= 0.3 is 0 Å². The highest BCUT2D eigenvalue weighted by molar-refractivity contribution is 6.30. The first-order chi connectivity index (χ1) is 8.66. The lowest BCUT2D eigenvalue weighted by Crippen LogP contribution is -2.45. The summed E-state index contributed by atoms with van der Waals surface area (Å²) >= 11 is 6.05. The van der Waals surface area contributed by atoms with Crippen molar-refractivity contribution in [2.45, 2.75) is 31.2 Å². The van der Waals surface area contributed by atoms with E-state index in [1.165, 1.54) is 7.11 Å². The Morgan fingerprint density at radius 2 is 2.17 bits per heavy atom. The summed E-state index contributed by atoms with van der Waals surface area (Å²) in [5.41, 5.74) is 0.831. The number of hydrogen-bond acceptors (Lipinski definition) is 2. The summed E-state index contributed by atoms with van der Waals surface area (Å²) in [6.45, 7) is 0.0995. The van der Waals surface area contributed by atoms with E-state index in [1.807, 2.05) is 24.3 Å². The van der Waals surface area contributed by atoms with Crippen molar-refractivity contribution in [2.75, 3.05) is 13.7 Å². The molecule has 0 aliphatic heterocycles. The highest BCUT2D eigenvalue weighted by atomic mass is 35.5. The van der Waals surface area contributed by atoms with E-state index in [4.69, 9.17) is 16.3 Å². The summed E-state index contributed by atoms with van der Waals surface area (Å²) in [4.78, 5) is 11.8. The number of halogens is 1. The normalized spacial score (nSPS) is 17.7. The molecule has 1 amide bonds. The Morgan fingerprint density at radius 1 is 1.44 bits per heavy atom. The van der Waals surface area contributed by atoms with Crippen molar-refractivity contribution in [1.82, 2.24) is 5.32 Å². The van der Waals surface area contributed by atoms with Crippen molar-refractivity contribution in [3.05, 3.63) is 34.9 Å². The molecule has 1 aliphatic rings. The van der Waals surface area contributed by atoms with Gasteiger partial charge in [-0.3, -0.25) is 4.79 Å². The highest BCUT2D eigenvalue weighted by Gasteiger charge is 2.36. The zero-order chi connectivity index (χ0) is 13.0. The van der Waals surface area contributed by atoms with Crippen molar-refractivity contribution in [2.24, 2.45) is 0 Å². The average Bonchev–Trinajstić information content (AvgIpc) is 2.79. The maximum absolute atomic E-state index is 11.8. The Balaban J connectivity index is 2.24. The molecule has 0 aromatic heterocycles. The number of amides is 1. The summed E-state index contributed by atoms with van der Waals surface area (Å²) < 4.78 is 4.88. The van der Waals surface area contributed by atoms with Gasteiger partial charge in [-0.25, -0.2) is 0 Å². The second-order valence-corrected chi connectivity index (χ2v) is 5.22. The van der Waals surface area contributed by atoms with Crippen LogP contribution in [0.4, 0.5) is 0 Å². The number of carbonyl (C=O) groups is 1. The molecule has 0 atom stereocenters. The van der Waals surface area contributed by atoms with Crippen LogP contribution >= 0.6 is 11.6 Å². The lowest BCUT2D eigenvalue weighted by Gasteiger charge is -2.31. The topological polar surface area (TPSA) is 38.3 Å². The molecule has 2 rings (SSSR count). The van der Waals surface area contributed by atoms with Crippen molar-refractivity contribution in [3.63, 3.8) is 0 Å². The third-order valence-corrected chi connectivity index (χ3v) is 3.72. The Hall–Kier alpha value is -1.06. The van der Waals surface area contributed by atoms with Gasteiger partial charge in [0.2, 0.25) is 5.91 Å². The summed E-state index contributed by atoms with van der Waals surface area (Å²) in [6.07, 6.45) is 4.17. The quantitative estimate of drug-likeness (QED) is 0.911. The summed E-state index contributed by atoms with van der Waals surface area (Å²) in [7, 11) is 1.53. The van der Waals surface area contributed by atoms with Gasteiger partial charge < -0.3 is 10.1 Å². The lowest BCUT2D eigenvalue weighted by molar-refractivity contribution is -0.126. The van der Waals surface area contributed by atoms with Crippen molar-refractivity contribution >= 4 is 17.5 Å². The largest absolute Gasteiger partial charge is 0.375 e. The summed E-state index contributed by atoms with van der Waals surface area (Å²) in [5.74, 6) is -0.0700. The summed E-state index contributed by atoms with van der Waals surface area (Å²) in [6, 6.07) is 7.76. The second-order valence-electron chi connectivity index (χ2n) is 4.78. The van der Waals surface area contributed by atoms with Crippen LogP contribution in [0.15, 0.2) is 24.3 Å². The van der Waals surface area contributed by atoms with E-state index in [2.05, 4.69) is 5.32 Å². The number of ether oxygens (including phenoxy) is 1. The molecule has 0 spiro atoms. The molecule has 0 radical (unpaired) electrons. The molecular weight excluding hydrogens is 250 g/mol. The molecule has 1 aromatic carbocycles. The molecule has 0 saturated heterocycles.